The number of rotatable bonds is 3. The highest BCUT2D eigenvalue weighted by atomic mass is 16.4. The summed E-state index contributed by atoms with van der Waals surface area (Å²) in [6.07, 6.45) is 0. The van der Waals surface area contributed by atoms with E-state index in [9.17, 15) is 4.79 Å². The average Bonchev–Trinajstić information content (AvgIpc) is 3.13. The van der Waals surface area contributed by atoms with Gasteiger partial charge in [-0.1, -0.05) is 5.10 Å². The molecule has 2 heterocycles. The highest BCUT2D eigenvalue weighted by Crippen LogP contribution is 2.20. The predicted octanol–water partition coefficient (Wildman–Crippen LogP) is 1.90. The lowest BCUT2D eigenvalue weighted by Crippen LogP contribution is -2.12. The number of anilines is 1. The van der Waals surface area contributed by atoms with Crippen LogP contribution in [-0.4, -0.2) is 25.9 Å². The van der Waals surface area contributed by atoms with E-state index in [4.69, 9.17) is 9.68 Å². The summed E-state index contributed by atoms with van der Waals surface area (Å²) < 4.78 is 7.05. The van der Waals surface area contributed by atoms with Gasteiger partial charge in [-0.15, -0.1) is 5.10 Å². The maximum atomic E-state index is 12.1. The topological polar surface area (TPSA) is 110 Å². The molecule has 0 saturated carbocycles. The van der Waals surface area contributed by atoms with Crippen LogP contribution in [0.3, 0.4) is 0 Å². The molecule has 0 aliphatic carbocycles. The number of aryl methyl sites for hydroxylation is 2. The van der Waals surface area contributed by atoms with Gasteiger partial charge in [-0.25, -0.2) is 0 Å². The van der Waals surface area contributed by atoms with E-state index in [0.29, 0.717) is 16.8 Å². The monoisotopic (exact) mass is 308 g/mol. The number of benzene rings is 1. The Hall–Kier alpha value is -3.47. The number of nitriles is 1. The fraction of sp³-hybridized carbons (Fsp3) is 0.133. The summed E-state index contributed by atoms with van der Waals surface area (Å²) in [6.45, 7) is 1.85. The SMILES string of the molecule is Cc1cc(-c2nnc(NC(=O)c3ccc(C#N)cc3)o2)n(C)n1. The number of amides is 1. The van der Waals surface area contributed by atoms with Crippen molar-refractivity contribution in [3.8, 4) is 17.7 Å². The van der Waals surface area contributed by atoms with Crippen LogP contribution in [0.4, 0.5) is 6.01 Å². The fourth-order valence-electron chi connectivity index (χ4n) is 2.05. The van der Waals surface area contributed by atoms with Crippen molar-refractivity contribution >= 4 is 11.9 Å². The maximum Gasteiger partial charge on any atom is 0.322 e. The van der Waals surface area contributed by atoms with Crippen molar-refractivity contribution < 1.29 is 9.21 Å². The third kappa shape index (κ3) is 2.94. The molecule has 1 amide bonds. The summed E-state index contributed by atoms with van der Waals surface area (Å²) in [5.41, 5.74) is 2.35. The minimum absolute atomic E-state index is 0.00628. The molecule has 0 fully saturated rings. The number of hydrogen-bond donors (Lipinski definition) is 1. The molecule has 1 N–H and O–H groups in total. The quantitative estimate of drug-likeness (QED) is 0.791. The molecule has 0 aliphatic rings. The lowest BCUT2D eigenvalue weighted by molar-refractivity contribution is 0.102. The van der Waals surface area contributed by atoms with Gasteiger partial charge in [-0.05, 0) is 37.3 Å². The number of nitrogens with one attached hydrogen (secondary N) is 1. The molecule has 114 valence electrons. The van der Waals surface area contributed by atoms with Gasteiger partial charge in [0.2, 0.25) is 0 Å². The minimum atomic E-state index is -0.397. The van der Waals surface area contributed by atoms with Crippen molar-refractivity contribution in [1.82, 2.24) is 20.0 Å². The first-order valence-electron chi connectivity index (χ1n) is 6.73. The molecule has 23 heavy (non-hydrogen) atoms. The summed E-state index contributed by atoms with van der Waals surface area (Å²) in [4.78, 5) is 12.1. The zero-order valence-electron chi connectivity index (χ0n) is 12.4. The number of hydrogen-bond acceptors (Lipinski definition) is 6. The number of carbonyl (C=O) groups is 1. The van der Waals surface area contributed by atoms with Gasteiger partial charge >= 0.3 is 6.01 Å². The van der Waals surface area contributed by atoms with E-state index in [1.165, 1.54) is 0 Å². The molecule has 8 heteroatoms. The third-order valence-corrected chi connectivity index (χ3v) is 3.14. The molecule has 8 nitrogen and oxygen atoms in total. The summed E-state index contributed by atoms with van der Waals surface area (Å²) in [7, 11) is 1.77. The molecule has 0 bridgehead atoms. The number of aromatic nitrogens is 4. The first-order valence-corrected chi connectivity index (χ1v) is 6.73. The van der Waals surface area contributed by atoms with Crippen LogP contribution in [0.5, 0.6) is 0 Å². The van der Waals surface area contributed by atoms with Crippen molar-refractivity contribution in [2.45, 2.75) is 6.92 Å². The second-order valence-electron chi connectivity index (χ2n) is 4.85. The molecule has 0 saturated heterocycles. The lowest BCUT2D eigenvalue weighted by Gasteiger charge is -2.00. The Bertz CT molecular complexity index is 901. The summed E-state index contributed by atoms with van der Waals surface area (Å²) in [5.74, 6) is -0.130. The Morgan fingerprint density at radius 3 is 2.65 bits per heavy atom. The predicted molar refractivity (Wildman–Crippen MR) is 80.3 cm³/mol. The smallest absolute Gasteiger partial charge is 0.322 e. The van der Waals surface area contributed by atoms with E-state index < -0.39 is 5.91 Å². The Kier molecular flexibility index (Phi) is 3.60. The molecular weight excluding hydrogens is 296 g/mol. The van der Waals surface area contributed by atoms with Crippen LogP contribution in [0.2, 0.25) is 0 Å². The van der Waals surface area contributed by atoms with Crippen LogP contribution in [0.25, 0.3) is 11.6 Å². The minimum Gasteiger partial charge on any atom is -0.401 e. The van der Waals surface area contributed by atoms with E-state index >= 15 is 0 Å². The van der Waals surface area contributed by atoms with Gasteiger partial charge in [0.25, 0.3) is 11.8 Å². The second kappa shape index (κ2) is 5.73. The van der Waals surface area contributed by atoms with Crippen molar-refractivity contribution in [2.24, 2.45) is 7.05 Å². The highest BCUT2D eigenvalue weighted by molar-refractivity contribution is 6.03. The number of carbonyl (C=O) groups excluding carboxylic acids is 1. The molecule has 3 rings (SSSR count). The number of nitrogens with zero attached hydrogens (tertiary/aromatic N) is 5. The van der Waals surface area contributed by atoms with E-state index in [2.05, 4.69) is 20.6 Å². The van der Waals surface area contributed by atoms with Crippen LogP contribution in [0, 0.1) is 18.3 Å². The van der Waals surface area contributed by atoms with E-state index in [0.717, 1.165) is 5.69 Å². The Labute approximate surface area is 131 Å². The highest BCUT2D eigenvalue weighted by Gasteiger charge is 2.15. The molecule has 1 aromatic carbocycles. The van der Waals surface area contributed by atoms with Gasteiger partial charge in [-0.3, -0.25) is 14.8 Å². The van der Waals surface area contributed by atoms with E-state index in [1.54, 1.807) is 42.1 Å². The van der Waals surface area contributed by atoms with Crippen molar-refractivity contribution in [3.63, 3.8) is 0 Å². The molecular formula is C15H12N6O2. The van der Waals surface area contributed by atoms with Crippen molar-refractivity contribution in [3.05, 3.63) is 47.2 Å². The standard InChI is InChI=1S/C15H12N6O2/c1-9-7-12(21(2)20-9)14-18-19-15(23-14)17-13(22)11-5-3-10(8-16)4-6-11/h3-7H,1-2H3,(H,17,19,22). The van der Waals surface area contributed by atoms with Gasteiger partial charge in [0, 0.05) is 12.6 Å². The Morgan fingerprint density at radius 1 is 1.30 bits per heavy atom. The average molecular weight is 308 g/mol. The Balaban J connectivity index is 1.77. The van der Waals surface area contributed by atoms with E-state index in [1.807, 2.05) is 13.0 Å². The Morgan fingerprint density at radius 2 is 2.04 bits per heavy atom. The van der Waals surface area contributed by atoms with Crippen LogP contribution in [0.15, 0.2) is 34.7 Å². The summed E-state index contributed by atoms with van der Waals surface area (Å²) in [5, 5.41) is 23.2. The molecule has 2 aromatic heterocycles. The molecule has 0 unspecified atom stereocenters. The van der Waals surface area contributed by atoms with Crippen molar-refractivity contribution in [2.75, 3.05) is 5.32 Å². The van der Waals surface area contributed by atoms with Gasteiger partial charge < -0.3 is 4.42 Å². The molecule has 0 aliphatic heterocycles. The van der Waals surface area contributed by atoms with Crippen LogP contribution in [0.1, 0.15) is 21.6 Å². The third-order valence-electron chi connectivity index (χ3n) is 3.14. The molecule has 0 radical (unpaired) electrons. The molecule has 0 spiro atoms. The van der Waals surface area contributed by atoms with Gasteiger partial charge in [-0.2, -0.15) is 10.4 Å². The zero-order valence-corrected chi connectivity index (χ0v) is 12.4. The van der Waals surface area contributed by atoms with Crippen LogP contribution < -0.4 is 5.32 Å². The summed E-state index contributed by atoms with van der Waals surface area (Å²) in [6, 6.07) is 10.0. The van der Waals surface area contributed by atoms with Crippen LogP contribution >= 0.6 is 0 Å². The lowest BCUT2D eigenvalue weighted by atomic mass is 10.1. The molecule has 0 atom stereocenters. The van der Waals surface area contributed by atoms with Gasteiger partial charge in [0.15, 0.2) is 0 Å². The van der Waals surface area contributed by atoms with Gasteiger partial charge in [0.1, 0.15) is 5.69 Å². The normalized spacial score (nSPS) is 10.3. The first kappa shape index (κ1) is 14.5. The summed E-state index contributed by atoms with van der Waals surface area (Å²) >= 11 is 0. The maximum absolute atomic E-state index is 12.1. The van der Waals surface area contributed by atoms with Crippen LogP contribution in [-0.2, 0) is 7.05 Å². The second-order valence-corrected chi connectivity index (χ2v) is 4.85. The van der Waals surface area contributed by atoms with E-state index in [-0.39, 0.29) is 11.9 Å². The largest absolute Gasteiger partial charge is 0.401 e. The van der Waals surface area contributed by atoms with Gasteiger partial charge in [0.05, 0.1) is 17.3 Å². The zero-order chi connectivity index (χ0) is 16.4. The molecule has 3 aromatic rings. The van der Waals surface area contributed by atoms with Crippen molar-refractivity contribution in [1.29, 1.82) is 5.26 Å². The fourth-order valence-corrected chi connectivity index (χ4v) is 2.05. The first-order chi connectivity index (χ1) is 11.1.